The van der Waals surface area contributed by atoms with Crippen LogP contribution in [-0.2, 0) is 21.7 Å². The highest BCUT2D eigenvalue weighted by atomic mass is 15.0. The number of anilines is 2. The molecule has 0 spiro atoms. The maximum Gasteiger partial charge on any atom is 0.150 e. The number of para-hydroxylation sites is 2. The molecule has 2 N–H and O–H groups in total. The molecule has 4 heteroatoms. The van der Waals surface area contributed by atoms with Gasteiger partial charge in [-0.25, -0.2) is 9.97 Å². The Labute approximate surface area is 244 Å². The van der Waals surface area contributed by atoms with E-state index in [0.29, 0.717) is 0 Å². The number of hydrogen-bond acceptors (Lipinski definition) is 4. The van der Waals surface area contributed by atoms with E-state index < -0.39 is 0 Å². The van der Waals surface area contributed by atoms with Gasteiger partial charge in [0.05, 0.1) is 17.8 Å². The summed E-state index contributed by atoms with van der Waals surface area (Å²) in [7, 11) is 0. The lowest BCUT2D eigenvalue weighted by Crippen LogP contribution is -2.24. The normalized spacial score (nSPS) is 14.6. The summed E-state index contributed by atoms with van der Waals surface area (Å²) >= 11 is 0. The molecule has 0 saturated carbocycles. The molecule has 3 aromatic rings. The van der Waals surface area contributed by atoms with Gasteiger partial charge in [-0.15, -0.1) is 0 Å². The van der Waals surface area contributed by atoms with Gasteiger partial charge < -0.3 is 10.6 Å². The Morgan fingerprint density at radius 1 is 0.525 bits per heavy atom. The van der Waals surface area contributed by atoms with Crippen molar-refractivity contribution in [1.29, 1.82) is 0 Å². The third kappa shape index (κ3) is 7.25. The van der Waals surface area contributed by atoms with Gasteiger partial charge >= 0.3 is 0 Å². The first-order chi connectivity index (χ1) is 18.2. The fourth-order valence-corrected chi connectivity index (χ4v) is 5.33. The van der Waals surface area contributed by atoms with Gasteiger partial charge in [0.15, 0.2) is 0 Å². The Morgan fingerprint density at radius 2 is 0.875 bits per heavy atom. The smallest absolute Gasteiger partial charge is 0.150 e. The van der Waals surface area contributed by atoms with Crippen LogP contribution in [0.15, 0.2) is 48.7 Å². The molecule has 218 valence electrons. The highest BCUT2D eigenvalue weighted by Crippen LogP contribution is 2.41. The molecule has 0 fully saturated rings. The Balaban J connectivity index is 1.99. The number of benzene rings is 2. The molecule has 0 aliphatic carbocycles. The van der Waals surface area contributed by atoms with Crippen LogP contribution in [0.5, 0.6) is 0 Å². The van der Waals surface area contributed by atoms with Crippen molar-refractivity contribution in [2.75, 3.05) is 10.6 Å². The zero-order chi connectivity index (χ0) is 30.3. The van der Waals surface area contributed by atoms with Crippen molar-refractivity contribution >= 4 is 11.4 Å². The first-order valence-corrected chi connectivity index (χ1v) is 14.8. The Hall–Kier alpha value is -2.88. The summed E-state index contributed by atoms with van der Waals surface area (Å²) in [4.78, 5) is 9.82. The highest BCUT2D eigenvalue weighted by Gasteiger charge is 2.28. The van der Waals surface area contributed by atoms with E-state index in [1.807, 2.05) is 12.3 Å². The minimum Gasteiger partial charge on any atom is -0.376 e. The van der Waals surface area contributed by atoms with E-state index in [9.17, 15) is 0 Å². The van der Waals surface area contributed by atoms with Gasteiger partial charge in [0, 0.05) is 17.6 Å². The van der Waals surface area contributed by atoms with Gasteiger partial charge in [0.25, 0.3) is 0 Å². The molecular formula is C36H54N4. The minimum absolute atomic E-state index is 0.00958. The third-order valence-corrected chi connectivity index (χ3v) is 7.61. The fraction of sp³-hybridized carbons (Fsp3) is 0.556. The lowest BCUT2D eigenvalue weighted by atomic mass is 9.78. The molecule has 2 atom stereocenters. The van der Waals surface area contributed by atoms with Gasteiger partial charge in [-0.3, -0.25) is 0 Å². The Bertz CT molecular complexity index is 1150. The summed E-state index contributed by atoms with van der Waals surface area (Å²) in [5.41, 5.74) is 8.73. The van der Waals surface area contributed by atoms with E-state index >= 15 is 0 Å². The van der Waals surface area contributed by atoms with Crippen molar-refractivity contribution in [1.82, 2.24) is 9.97 Å². The molecule has 40 heavy (non-hydrogen) atoms. The first-order valence-electron chi connectivity index (χ1n) is 14.8. The monoisotopic (exact) mass is 542 g/mol. The molecule has 3 rings (SSSR count). The second-order valence-corrected chi connectivity index (χ2v) is 15.5. The lowest BCUT2D eigenvalue weighted by molar-refractivity contribution is 0.568. The van der Waals surface area contributed by atoms with Crippen LogP contribution >= 0.6 is 0 Å². The van der Waals surface area contributed by atoms with E-state index in [4.69, 9.17) is 9.97 Å². The molecule has 1 aromatic heterocycles. The molecule has 0 radical (unpaired) electrons. The molecule has 0 saturated heterocycles. The van der Waals surface area contributed by atoms with Crippen molar-refractivity contribution in [3.8, 4) is 0 Å². The predicted molar refractivity (Wildman–Crippen MR) is 174 cm³/mol. The molecule has 0 bridgehead atoms. The lowest BCUT2D eigenvalue weighted by Gasteiger charge is -2.32. The van der Waals surface area contributed by atoms with Crippen molar-refractivity contribution in [2.45, 2.75) is 131 Å². The average Bonchev–Trinajstić information content (AvgIpc) is 2.81. The van der Waals surface area contributed by atoms with Crippen molar-refractivity contribution < 1.29 is 0 Å². The Morgan fingerprint density at radius 3 is 1.23 bits per heavy atom. The molecule has 4 nitrogen and oxygen atoms in total. The number of rotatable bonds is 6. The van der Waals surface area contributed by atoms with Crippen LogP contribution in [-0.4, -0.2) is 9.97 Å². The number of nitrogens with zero attached hydrogens (tertiary/aromatic N) is 2. The van der Waals surface area contributed by atoms with Gasteiger partial charge in [-0.05, 0) is 63.8 Å². The maximum absolute atomic E-state index is 5.10. The molecule has 0 aliphatic heterocycles. The van der Waals surface area contributed by atoms with Gasteiger partial charge in [0.2, 0.25) is 0 Å². The largest absolute Gasteiger partial charge is 0.376 e. The second-order valence-electron chi connectivity index (χ2n) is 15.5. The fourth-order valence-electron chi connectivity index (χ4n) is 5.33. The van der Waals surface area contributed by atoms with Crippen LogP contribution in [0.4, 0.5) is 11.4 Å². The summed E-state index contributed by atoms with van der Waals surface area (Å²) in [5.74, 6) is 0.801. The molecule has 0 amide bonds. The van der Waals surface area contributed by atoms with E-state index in [1.165, 1.54) is 33.6 Å². The minimum atomic E-state index is -0.0521. The van der Waals surface area contributed by atoms with E-state index in [0.717, 1.165) is 11.5 Å². The van der Waals surface area contributed by atoms with E-state index in [-0.39, 0.29) is 33.7 Å². The highest BCUT2D eigenvalue weighted by molar-refractivity contribution is 5.64. The van der Waals surface area contributed by atoms with Crippen LogP contribution in [0.1, 0.15) is 143 Å². The quantitative estimate of drug-likeness (QED) is 0.325. The topological polar surface area (TPSA) is 49.8 Å². The summed E-state index contributed by atoms with van der Waals surface area (Å²) in [6, 6.07) is 15.4. The molecule has 2 aromatic carbocycles. The van der Waals surface area contributed by atoms with Crippen molar-refractivity contribution in [3.05, 3.63) is 82.4 Å². The van der Waals surface area contributed by atoms with Crippen LogP contribution in [0.3, 0.4) is 0 Å². The zero-order valence-electron chi connectivity index (χ0n) is 27.7. The van der Waals surface area contributed by atoms with E-state index in [1.54, 1.807) is 0 Å². The van der Waals surface area contributed by atoms with Gasteiger partial charge in [0.1, 0.15) is 5.82 Å². The van der Waals surface area contributed by atoms with E-state index in [2.05, 4.69) is 144 Å². The summed E-state index contributed by atoms with van der Waals surface area (Å²) in [6.45, 7) is 31.7. The predicted octanol–water partition coefficient (Wildman–Crippen LogP) is 10.0. The van der Waals surface area contributed by atoms with Gasteiger partial charge in [-0.1, -0.05) is 119 Å². The molecular weight excluding hydrogens is 488 g/mol. The summed E-state index contributed by atoms with van der Waals surface area (Å²) in [6.07, 6.45) is 1.90. The van der Waals surface area contributed by atoms with Gasteiger partial charge in [-0.2, -0.15) is 0 Å². The Kier molecular flexibility index (Phi) is 8.85. The molecule has 0 aliphatic rings. The SMILES string of the molecule is CC(Nc1c(C(C)(C)C)cccc1C(C)(C)C)c1ccnc(C(C)Nc2c(C(C)(C)C)cccc2C(C)(C)C)n1. The average molecular weight is 543 g/mol. The molecule has 2 unspecified atom stereocenters. The van der Waals surface area contributed by atoms with Crippen molar-refractivity contribution in [3.63, 3.8) is 0 Å². The number of aromatic nitrogens is 2. The van der Waals surface area contributed by atoms with Crippen molar-refractivity contribution in [2.24, 2.45) is 0 Å². The third-order valence-electron chi connectivity index (χ3n) is 7.61. The van der Waals surface area contributed by atoms with Crippen LogP contribution in [0, 0.1) is 0 Å². The number of nitrogens with one attached hydrogen (secondary N) is 2. The standard InChI is InChI=1S/C36H54N4/c1-23(38-30-25(33(3,4)5)17-15-18-26(30)34(6,7)8)29-21-22-37-32(40-29)24(2)39-31-27(35(9,10)11)19-16-20-28(31)36(12,13)14/h15-24,38-39H,1-14H3. The maximum atomic E-state index is 5.10. The molecule has 1 heterocycles. The summed E-state index contributed by atoms with van der Waals surface area (Å²) in [5, 5.41) is 7.71. The first kappa shape index (κ1) is 31.6. The summed E-state index contributed by atoms with van der Waals surface area (Å²) < 4.78 is 0. The van der Waals surface area contributed by atoms with Crippen LogP contribution < -0.4 is 10.6 Å². The number of hydrogen-bond donors (Lipinski definition) is 2. The second kappa shape index (κ2) is 11.2. The van der Waals surface area contributed by atoms with Crippen LogP contribution in [0.25, 0.3) is 0 Å². The van der Waals surface area contributed by atoms with Crippen LogP contribution in [0.2, 0.25) is 0 Å². The zero-order valence-corrected chi connectivity index (χ0v) is 27.7.